The Morgan fingerprint density at radius 1 is 1.21 bits per heavy atom. The molecule has 3 rings (SSSR count). The van der Waals surface area contributed by atoms with E-state index in [4.69, 9.17) is 0 Å². The van der Waals surface area contributed by atoms with E-state index in [-0.39, 0.29) is 22.9 Å². The Morgan fingerprint density at radius 2 is 1.93 bits per heavy atom. The number of carbonyl (C=O) groups excluding carboxylic acids is 2. The number of pyridine rings is 1. The number of methoxy groups -OCH3 is 1. The van der Waals surface area contributed by atoms with Crippen molar-refractivity contribution in [3.8, 4) is 0 Å². The van der Waals surface area contributed by atoms with Crippen LogP contribution in [0.3, 0.4) is 0 Å². The number of amides is 1. The fraction of sp³-hybridized carbons (Fsp3) is 0.316. The van der Waals surface area contributed by atoms with Gasteiger partial charge in [0.1, 0.15) is 5.82 Å². The molecule has 1 aliphatic heterocycles. The lowest BCUT2D eigenvalue weighted by molar-refractivity contribution is -0.120. The van der Waals surface area contributed by atoms with Crippen molar-refractivity contribution in [2.45, 2.75) is 17.7 Å². The molecule has 1 atom stereocenters. The molecule has 1 saturated heterocycles. The smallest absolute Gasteiger partial charge is 0.337 e. The van der Waals surface area contributed by atoms with Gasteiger partial charge in [0.15, 0.2) is 0 Å². The molecule has 154 valence electrons. The number of nitrogens with zero attached hydrogens (tertiary/aromatic N) is 2. The van der Waals surface area contributed by atoms with E-state index in [1.165, 1.54) is 35.7 Å². The monoisotopic (exact) mass is 481 g/mol. The van der Waals surface area contributed by atoms with Crippen LogP contribution in [-0.4, -0.2) is 49.8 Å². The molecule has 1 aromatic heterocycles. The van der Waals surface area contributed by atoms with Crippen LogP contribution in [0.1, 0.15) is 23.2 Å². The van der Waals surface area contributed by atoms with Crippen LogP contribution in [0.25, 0.3) is 0 Å². The lowest BCUT2D eigenvalue weighted by Crippen LogP contribution is -2.43. The van der Waals surface area contributed by atoms with E-state index in [0.717, 1.165) is 4.47 Å². The van der Waals surface area contributed by atoms with Crippen molar-refractivity contribution in [1.82, 2.24) is 9.29 Å². The number of sulfonamides is 1. The average molecular weight is 482 g/mol. The first-order valence-corrected chi connectivity index (χ1v) is 11.2. The number of esters is 1. The number of aromatic nitrogens is 1. The number of anilines is 1. The van der Waals surface area contributed by atoms with Crippen LogP contribution in [0.4, 0.5) is 5.82 Å². The summed E-state index contributed by atoms with van der Waals surface area (Å²) in [5, 5.41) is 2.73. The Balaban J connectivity index is 1.71. The Hall–Kier alpha value is -2.30. The van der Waals surface area contributed by atoms with Crippen LogP contribution in [0.15, 0.2) is 52.0 Å². The van der Waals surface area contributed by atoms with Crippen molar-refractivity contribution < 1.29 is 22.7 Å². The first kappa shape index (κ1) is 21.4. The van der Waals surface area contributed by atoms with Gasteiger partial charge in [0.05, 0.1) is 23.5 Å². The van der Waals surface area contributed by atoms with Crippen molar-refractivity contribution in [2.75, 3.05) is 25.5 Å². The fourth-order valence-electron chi connectivity index (χ4n) is 3.08. The molecule has 2 heterocycles. The second-order valence-corrected chi connectivity index (χ2v) is 9.42. The maximum Gasteiger partial charge on any atom is 0.337 e. The molecule has 0 aliphatic carbocycles. The van der Waals surface area contributed by atoms with Crippen molar-refractivity contribution in [3.63, 3.8) is 0 Å². The molecule has 1 unspecified atom stereocenters. The number of piperidine rings is 1. The molecule has 10 heteroatoms. The normalized spacial score (nSPS) is 17.5. The van der Waals surface area contributed by atoms with Crippen molar-refractivity contribution >= 4 is 43.6 Å². The summed E-state index contributed by atoms with van der Waals surface area (Å²) >= 11 is 3.28. The fourth-order valence-corrected chi connectivity index (χ4v) is 4.84. The molecule has 8 nitrogen and oxygen atoms in total. The first-order chi connectivity index (χ1) is 13.8. The molecule has 1 N–H and O–H groups in total. The SMILES string of the molecule is COC(=O)c1ccc(S(=O)(=O)N2CCCC(C(=O)Nc3ccc(Br)cn3)C2)cc1. The van der Waals surface area contributed by atoms with E-state index < -0.39 is 21.9 Å². The van der Waals surface area contributed by atoms with Crippen LogP contribution >= 0.6 is 15.9 Å². The molecule has 29 heavy (non-hydrogen) atoms. The molecule has 1 aromatic carbocycles. The molecular formula is C19H20BrN3O5S. The quantitative estimate of drug-likeness (QED) is 0.657. The van der Waals surface area contributed by atoms with Crippen LogP contribution in [-0.2, 0) is 19.6 Å². The number of hydrogen-bond acceptors (Lipinski definition) is 6. The predicted molar refractivity (Wildman–Crippen MR) is 110 cm³/mol. The summed E-state index contributed by atoms with van der Waals surface area (Å²) in [5.41, 5.74) is 0.268. The number of benzene rings is 1. The molecule has 0 bridgehead atoms. The van der Waals surface area contributed by atoms with Gasteiger partial charge in [-0.1, -0.05) is 0 Å². The van der Waals surface area contributed by atoms with Crippen molar-refractivity contribution in [2.24, 2.45) is 5.92 Å². The highest BCUT2D eigenvalue weighted by molar-refractivity contribution is 9.10. The lowest BCUT2D eigenvalue weighted by Gasteiger charge is -2.31. The summed E-state index contributed by atoms with van der Waals surface area (Å²) in [4.78, 5) is 28.3. The molecule has 0 saturated carbocycles. The maximum atomic E-state index is 13.0. The summed E-state index contributed by atoms with van der Waals surface area (Å²) < 4.78 is 32.7. The van der Waals surface area contributed by atoms with Crippen LogP contribution in [0.2, 0.25) is 0 Å². The summed E-state index contributed by atoms with van der Waals surface area (Å²) in [5.74, 6) is -0.860. The zero-order valence-corrected chi connectivity index (χ0v) is 18.1. The number of halogens is 1. The van der Waals surface area contributed by atoms with E-state index in [0.29, 0.717) is 25.2 Å². The van der Waals surface area contributed by atoms with Gasteiger partial charge in [-0.2, -0.15) is 4.31 Å². The molecule has 1 fully saturated rings. The number of hydrogen-bond donors (Lipinski definition) is 1. The number of nitrogens with one attached hydrogen (secondary N) is 1. The van der Waals surface area contributed by atoms with E-state index in [1.54, 1.807) is 18.3 Å². The van der Waals surface area contributed by atoms with E-state index in [1.807, 2.05) is 0 Å². The van der Waals surface area contributed by atoms with Gasteiger partial charge in [0, 0.05) is 23.8 Å². The number of ether oxygens (including phenoxy) is 1. The van der Waals surface area contributed by atoms with Gasteiger partial charge in [-0.25, -0.2) is 18.2 Å². The summed E-state index contributed by atoms with van der Waals surface area (Å²) in [6, 6.07) is 8.99. The second-order valence-electron chi connectivity index (χ2n) is 6.57. The molecule has 1 amide bonds. The predicted octanol–water partition coefficient (Wildman–Crippen LogP) is 2.67. The second kappa shape index (κ2) is 9.02. The minimum absolute atomic E-state index is 0.0702. The van der Waals surface area contributed by atoms with E-state index in [9.17, 15) is 18.0 Å². The summed E-state index contributed by atoms with van der Waals surface area (Å²) in [7, 11) is -2.52. The summed E-state index contributed by atoms with van der Waals surface area (Å²) in [6.45, 7) is 0.421. The van der Waals surface area contributed by atoms with Gasteiger partial charge in [-0.05, 0) is 65.2 Å². The third-order valence-corrected chi connectivity index (χ3v) is 7.00. The van der Waals surface area contributed by atoms with Gasteiger partial charge >= 0.3 is 5.97 Å². The Bertz CT molecular complexity index is 994. The third-order valence-electron chi connectivity index (χ3n) is 4.65. The maximum absolute atomic E-state index is 13.0. The highest BCUT2D eigenvalue weighted by atomic mass is 79.9. The zero-order chi connectivity index (χ0) is 21.0. The minimum Gasteiger partial charge on any atom is -0.465 e. The van der Waals surface area contributed by atoms with Gasteiger partial charge in [0.2, 0.25) is 15.9 Å². The van der Waals surface area contributed by atoms with Gasteiger partial charge in [-0.15, -0.1) is 0 Å². The topological polar surface area (TPSA) is 106 Å². The first-order valence-electron chi connectivity index (χ1n) is 8.92. The van der Waals surface area contributed by atoms with Gasteiger partial charge in [-0.3, -0.25) is 4.79 Å². The van der Waals surface area contributed by atoms with Crippen molar-refractivity contribution in [3.05, 3.63) is 52.6 Å². The lowest BCUT2D eigenvalue weighted by atomic mass is 9.99. The van der Waals surface area contributed by atoms with Crippen molar-refractivity contribution in [1.29, 1.82) is 0 Å². The highest BCUT2D eigenvalue weighted by Gasteiger charge is 2.33. The molecule has 0 spiro atoms. The zero-order valence-electron chi connectivity index (χ0n) is 15.7. The third kappa shape index (κ3) is 5.01. The molecule has 1 aliphatic rings. The van der Waals surface area contributed by atoms with Gasteiger partial charge < -0.3 is 10.1 Å². The average Bonchev–Trinajstić information content (AvgIpc) is 2.75. The summed E-state index contributed by atoms with van der Waals surface area (Å²) in [6.07, 6.45) is 2.74. The molecule has 2 aromatic rings. The number of carbonyl (C=O) groups is 2. The molecule has 0 radical (unpaired) electrons. The van der Waals surface area contributed by atoms with Crippen LogP contribution < -0.4 is 5.32 Å². The Labute approximate surface area is 177 Å². The highest BCUT2D eigenvalue weighted by Crippen LogP contribution is 2.25. The Kier molecular flexibility index (Phi) is 6.66. The number of rotatable bonds is 5. The van der Waals surface area contributed by atoms with E-state index in [2.05, 4.69) is 31.0 Å². The van der Waals surface area contributed by atoms with Gasteiger partial charge in [0.25, 0.3) is 0 Å². The van der Waals surface area contributed by atoms with Crippen LogP contribution in [0.5, 0.6) is 0 Å². The molecular weight excluding hydrogens is 462 g/mol. The van der Waals surface area contributed by atoms with E-state index >= 15 is 0 Å². The largest absolute Gasteiger partial charge is 0.465 e. The minimum atomic E-state index is -3.78. The standard InChI is InChI=1S/C19H20BrN3O5S/c1-28-19(25)13-4-7-16(8-5-13)29(26,27)23-10-2-3-14(12-23)18(24)22-17-9-6-15(20)11-21-17/h4-9,11,14H,2-3,10,12H2,1H3,(H,21,22,24). The Morgan fingerprint density at radius 3 is 2.55 bits per heavy atom. The van der Waals surface area contributed by atoms with Crippen LogP contribution in [0, 0.1) is 5.92 Å².